The fourth-order valence-corrected chi connectivity index (χ4v) is 1.74. The molecule has 0 atom stereocenters. The maximum Gasteiger partial charge on any atom is 0.200 e. The van der Waals surface area contributed by atoms with Crippen molar-refractivity contribution in [1.29, 1.82) is 0 Å². The lowest BCUT2D eigenvalue weighted by Gasteiger charge is -2.10. The number of carbonyl (C=O) groups excluding carboxylic acids is 1. The molecule has 0 amide bonds. The number of halogens is 2. The second kappa shape index (κ2) is 5.77. The fourth-order valence-electron chi connectivity index (χ4n) is 1.74. The van der Waals surface area contributed by atoms with Gasteiger partial charge in [-0.3, -0.25) is 9.78 Å². The molecule has 0 aliphatic heterocycles. The molecule has 0 fully saturated rings. The van der Waals surface area contributed by atoms with Crippen LogP contribution in [0.1, 0.15) is 29.8 Å². The summed E-state index contributed by atoms with van der Waals surface area (Å²) < 4.78 is 32.6. The molecule has 5 heteroatoms. The average Bonchev–Trinajstić information content (AvgIpc) is 2.38. The molecule has 0 aliphatic rings. The summed E-state index contributed by atoms with van der Waals surface area (Å²) in [6, 6.07) is 4.70. The van der Waals surface area contributed by atoms with Crippen molar-refractivity contribution in [2.24, 2.45) is 0 Å². The second-order valence-electron chi connectivity index (χ2n) is 4.50. The number of ether oxygens (including phenoxy) is 1. The summed E-state index contributed by atoms with van der Waals surface area (Å²) >= 11 is 0. The Morgan fingerprint density at radius 1 is 1.20 bits per heavy atom. The largest absolute Gasteiger partial charge is 0.489 e. The van der Waals surface area contributed by atoms with Crippen LogP contribution in [0.3, 0.4) is 0 Å². The Bertz CT molecular complexity index is 621. The van der Waals surface area contributed by atoms with Crippen LogP contribution in [0.25, 0.3) is 0 Å². The van der Waals surface area contributed by atoms with Crippen LogP contribution >= 0.6 is 0 Å². The van der Waals surface area contributed by atoms with E-state index < -0.39 is 23.0 Å². The number of carbonyl (C=O) groups is 1. The van der Waals surface area contributed by atoms with Crippen LogP contribution in [0, 0.1) is 11.6 Å². The van der Waals surface area contributed by atoms with Gasteiger partial charge in [0.05, 0.1) is 17.9 Å². The molecule has 0 saturated heterocycles. The number of pyridine rings is 1. The summed E-state index contributed by atoms with van der Waals surface area (Å²) in [5.41, 5.74) is -0.511. The first-order chi connectivity index (χ1) is 9.49. The number of ketones is 1. The number of rotatable bonds is 4. The first kappa shape index (κ1) is 14.1. The third kappa shape index (κ3) is 2.99. The maximum absolute atomic E-state index is 13.6. The van der Waals surface area contributed by atoms with E-state index in [0.717, 1.165) is 12.1 Å². The zero-order chi connectivity index (χ0) is 14.7. The summed E-state index contributed by atoms with van der Waals surface area (Å²) in [5.74, 6) is -2.18. The quantitative estimate of drug-likeness (QED) is 0.804. The molecular formula is C15H13F2NO2. The Balaban J connectivity index is 2.39. The van der Waals surface area contributed by atoms with Crippen molar-refractivity contribution in [3.8, 4) is 5.75 Å². The third-order valence-electron chi connectivity index (χ3n) is 2.54. The minimum atomic E-state index is -0.898. The Labute approximate surface area is 115 Å². The summed E-state index contributed by atoms with van der Waals surface area (Å²) in [6.45, 7) is 3.65. The highest BCUT2D eigenvalue weighted by Crippen LogP contribution is 2.20. The number of benzene rings is 1. The van der Waals surface area contributed by atoms with Gasteiger partial charge in [-0.2, -0.15) is 0 Å². The molecule has 20 heavy (non-hydrogen) atoms. The van der Waals surface area contributed by atoms with Crippen LogP contribution in [0.2, 0.25) is 0 Å². The van der Waals surface area contributed by atoms with Crippen LogP contribution in [0.5, 0.6) is 5.75 Å². The molecule has 2 rings (SSSR count). The van der Waals surface area contributed by atoms with Gasteiger partial charge in [-0.25, -0.2) is 8.78 Å². The van der Waals surface area contributed by atoms with Gasteiger partial charge in [0.15, 0.2) is 0 Å². The summed E-state index contributed by atoms with van der Waals surface area (Å²) in [7, 11) is 0. The van der Waals surface area contributed by atoms with Gasteiger partial charge in [-0.05, 0) is 32.0 Å². The SMILES string of the molecule is CC(C)Oc1cncc(C(=O)c2c(F)cccc2F)c1. The van der Waals surface area contributed by atoms with Gasteiger partial charge in [-0.1, -0.05) is 6.07 Å². The number of aromatic nitrogens is 1. The zero-order valence-corrected chi connectivity index (χ0v) is 11.1. The van der Waals surface area contributed by atoms with E-state index in [4.69, 9.17) is 4.74 Å². The number of nitrogens with zero attached hydrogens (tertiary/aromatic N) is 1. The van der Waals surface area contributed by atoms with Gasteiger partial charge in [0, 0.05) is 11.8 Å². The van der Waals surface area contributed by atoms with Crippen LogP contribution in [0.15, 0.2) is 36.7 Å². The molecule has 1 heterocycles. The Hall–Kier alpha value is -2.30. The lowest BCUT2D eigenvalue weighted by atomic mass is 10.0. The maximum atomic E-state index is 13.6. The van der Waals surface area contributed by atoms with E-state index in [9.17, 15) is 13.6 Å². The molecule has 104 valence electrons. The van der Waals surface area contributed by atoms with Gasteiger partial charge in [-0.15, -0.1) is 0 Å². The van der Waals surface area contributed by atoms with E-state index in [1.807, 2.05) is 13.8 Å². The molecule has 0 aliphatic carbocycles. The third-order valence-corrected chi connectivity index (χ3v) is 2.54. The summed E-state index contributed by atoms with van der Waals surface area (Å²) in [4.78, 5) is 16.0. The van der Waals surface area contributed by atoms with Gasteiger partial charge < -0.3 is 4.74 Å². The Kier molecular flexibility index (Phi) is 4.08. The van der Waals surface area contributed by atoms with E-state index in [1.54, 1.807) is 0 Å². The smallest absolute Gasteiger partial charge is 0.200 e. The van der Waals surface area contributed by atoms with Crippen molar-refractivity contribution in [2.75, 3.05) is 0 Å². The molecule has 0 bridgehead atoms. The average molecular weight is 277 g/mol. The summed E-state index contributed by atoms with van der Waals surface area (Å²) in [5, 5.41) is 0. The van der Waals surface area contributed by atoms with E-state index in [1.165, 1.54) is 24.5 Å². The second-order valence-corrected chi connectivity index (χ2v) is 4.50. The molecule has 2 aromatic rings. The summed E-state index contributed by atoms with van der Waals surface area (Å²) in [6.07, 6.45) is 2.60. The minimum absolute atomic E-state index is 0.0761. The van der Waals surface area contributed by atoms with Crippen molar-refractivity contribution in [2.45, 2.75) is 20.0 Å². The van der Waals surface area contributed by atoms with Gasteiger partial charge in [0.2, 0.25) is 5.78 Å². The highest BCUT2D eigenvalue weighted by molar-refractivity contribution is 6.09. The molecule has 0 saturated carbocycles. The molecular weight excluding hydrogens is 264 g/mol. The minimum Gasteiger partial charge on any atom is -0.489 e. The standard InChI is InChI=1S/C15H13F2NO2/c1-9(2)20-11-6-10(7-18-8-11)15(19)14-12(16)4-3-5-13(14)17/h3-9H,1-2H3. The van der Waals surface area contributed by atoms with Crippen molar-refractivity contribution >= 4 is 5.78 Å². The molecule has 3 nitrogen and oxygen atoms in total. The normalized spacial score (nSPS) is 10.7. The molecule has 1 aromatic heterocycles. The lowest BCUT2D eigenvalue weighted by molar-refractivity contribution is 0.103. The van der Waals surface area contributed by atoms with E-state index in [-0.39, 0.29) is 11.7 Å². The fraction of sp³-hybridized carbons (Fsp3) is 0.200. The van der Waals surface area contributed by atoms with Crippen LogP contribution < -0.4 is 4.74 Å². The Morgan fingerprint density at radius 2 is 1.85 bits per heavy atom. The van der Waals surface area contributed by atoms with Crippen molar-refractivity contribution in [3.63, 3.8) is 0 Å². The topological polar surface area (TPSA) is 39.2 Å². The van der Waals surface area contributed by atoms with Crippen molar-refractivity contribution in [1.82, 2.24) is 4.98 Å². The van der Waals surface area contributed by atoms with Crippen LogP contribution in [0.4, 0.5) is 8.78 Å². The number of hydrogen-bond acceptors (Lipinski definition) is 3. The van der Waals surface area contributed by atoms with Gasteiger partial charge in [0.1, 0.15) is 17.4 Å². The highest BCUT2D eigenvalue weighted by atomic mass is 19.1. The van der Waals surface area contributed by atoms with E-state index in [2.05, 4.69) is 4.98 Å². The lowest BCUT2D eigenvalue weighted by Crippen LogP contribution is -2.10. The van der Waals surface area contributed by atoms with Crippen LogP contribution in [-0.2, 0) is 0 Å². The molecule has 1 aromatic carbocycles. The predicted molar refractivity (Wildman–Crippen MR) is 69.8 cm³/mol. The van der Waals surface area contributed by atoms with Crippen molar-refractivity contribution in [3.05, 3.63) is 59.4 Å². The highest BCUT2D eigenvalue weighted by Gasteiger charge is 2.19. The van der Waals surface area contributed by atoms with E-state index >= 15 is 0 Å². The monoisotopic (exact) mass is 277 g/mol. The van der Waals surface area contributed by atoms with Crippen LogP contribution in [-0.4, -0.2) is 16.9 Å². The first-order valence-corrected chi connectivity index (χ1v) is 6.09. The molecule has 0 unspecified atom stereocenters. The number of hydrogen-bond donors (Lipinski definition) is 0. The molecule has 0 spiro atoms. The van der Waals surface area contributed by atoms with E-state index in [0.29, 0.717) is 5.75 Å². The van der Waals surface area contributed by atoms with Crippen molar-refractivity contribution < 1.29 is 18.3 Å². The zero-order valence-electron chi connectivity index (χ0n) is 11.1. The first-order valence-electron chi connectivity index (χ1n) is 6.09. The Morgan fingerprint density at radius 3 is 2.45 bits per heavy atom. The predicted octanol–water partition coefficient (Wildman–Crippen LogP) is 3.38. The van der Waals surface area contributed by atoms with Gasteiger partial charge in [0.25, 0.3) is 0 Å². The molecule has 0 radical (unpaired) electrons. The van der Waals surface area contributed by atoms with Gasteiger partial charge >= 0.3 is 0 Å². The molecule has 0 N–H and O–H groups in total.